The van der Waals surface area contributed by atoms with Crippen LogP contribution in [-0.2, 0) is 16.1 Å². The Kier molecular flexibility index (Phi) is 4.45. The lowest BCUT2D eigenvalue weighted by atomic mass is 9.90. The minimum atomic E-state index is -0.869. The van der Waals surface area contributed by atoms with Gasteiger partial charge in [-0.3, -0.25) is 14.4 Å². The molecule has 21 heavy (non-hydrogen) atoms. The predicted molar refractivity (Wildman–Crippen MR) is 76.9 cm³/mol. The molecule has 1 saturated heterocycles. The molecular weight excluding hydrogens is 272 g/mol. The van der Waals surface area contributed by atoms with E-state index in [1.54, 1.807) is 17.2 Å². The third-order valence-corrected chi connectivity index (χ3v) is 3.82. The molecule has 1 fully saturated rings. The number of amides is 1. The van der Waals surface area contributed by atoms with Gasteiger partial charge in [0.05, 0.1) is 5.92 Å². The van der Waals surface area contributed by atoms with Crippen LogP contribution in [0.2, 0.25) is 0 Å². The number of pyridine rings is 1. The Morgan fingerprint density at radius 3 is 2.71 bits per heavy atom. The van der Waals surface area contributed by atoms with Crippen molar-refractivity contribution < 1.29 is 14.7 Å². The first-order valence-corrected chi connectivity index (χ1v) is 7.04. The van der Waals surface area contributed by atoms with Gasteiger partial charge in [0.1, 0.15) is 6.54 Å². The standard InChI is InChI=1S/C15H20N2O4/c1-10-3-4-16(13(18)6-10)9-14(19)17-7-11(2)5-12(8-17)15(20)21/h3-4,6,11-12H,5,7-9H2,1-2H3,(H,20,21). The van der Waals surface area contributed by atoms with Gasteiger partial charge < -0.3 is 14.6 Å². The molecule has 1 aromatic heterocycles. The van der Waals surface area contributed by atoms with Crippen molar-refractivity contribution >= 4 is 11.9 Å². The van der Waals surface area contributed by atoms with Gasteiger partial charge in [-0.05, 0) is 30.9 Å². The molecule has 1 aliphatic rings. The summed E-state index contributed by atoms with van der Waals surface area (Å²) in [6.45, 7) is 4.48. The third-order valence-electron chi connectivity index (χ3n) is 3.82. The van der Waals surface area contributed by atoms with Crippen LogP contribution in [0.25, 0.3) is 0 Å². The number of nitrogens with zero attached hydrogens (tertiary/aromatic N) is 2. The molecule has 114 valence electrons. The van der Waals surface area contributed by atoms with Gasteiger partial charge in [0.25, 0.3) is 5.56 Å². The largest absolute Gasteiger partial charge is 0.481 e. The van der Waals surface area contributed by atoms with Crippen LogP contribution in [0.4, 0.5) is 0 Å². The van der Waals surface area contributed by atoms with E-state index in [4.69, 9.17) is 5.11 Å². The SMILES string of the molecule is Cc1ccn(CC(=O)N2CC(C)CC(C(=O)O)C2)c(=O)c1. The molecule has 0 aliphatic carbocycles. The molecule has 1 aromatic rings. The Hall–Kier alpha value is -2.11. The molecule has 2 heterocycles. The normalized spacial score (nSPS) is 22.1. The summed E-state index contributed by atoms with van der Waals surface area (Å²) in [5.74, 6) is -1.45. The summed E-state index contributed by atoms with van der Waals surface area (Å²) in [5.41, 5.74) is 0.629. The monoisotopic (exact) mass is 292 g/mol. The molecule has 2 atom stereocenters. The zero-order chi connectivity index (χ0) is 15.6. The summed E-state index contributed by atoms with van der Waals surface area (Å²) >= 11 is 0. The fourth-order valence-electron chi connectivity index (χ4n) is 2.72. The molecule has 0 saturated carbocycles. The van der Waals surface area contributed by atoms with Gasteiger partial charge in [0, 0.05) is 25.4 Å². The highest BCUT2D eigenvalue weighted by Crippen LogP contribution is 2.22. The first-order valence-electron chi connectivity index (χ1n) is 7.04. The van der Waals surface area contributed by atoms with Crippen LogP contribution >= 0.6 is 0 Å². The number of aromatic nitrogens is 1. The van der Waals surface area contributed by atoms with Crippen LogP contribution in [0, 0.1) is 18.8 Å². The number of aryl methyl sites for hydroxylation is 1. The average molecular weight is 292 g/mol. The number of rotatable bonds is 3. The van der Waals surface area contributed by atoms with Gasteiger partial charge in [-0.1, -0.05) is 6.92 Å². The maximum atomic E-state index is 12.3. The molecule has 1 aliphatic heterocycles. The van der Waals surface area contributed by atoms with Crippen molar-refractivity contribution in [2.45, 2.75) is 26.8 Å². The second-order valence-corrected chi connectivity index (χ2v) is 5.84. The summed E-state index contributed by atoms with van der Waals surface area (Å²) in [4.78, 5) is 36.8. The Morgan fingerprint density at radius 2 is 2.10 bits per heavy atom. The van der Waals surface area contributed by atoms with E-state index in [2.05, 4.69) is 0 Å². The fourth-order valence-corrected chi connectivity index (χ4v) is 2.72. The lowest BCUT2D eigenvalue weighted by molar-refractivity contribution is -0.147. The van der Waals surface area contributed by atoms with Crippen molar-refractivity contribution in [2.75, 3.05) is 13.1 Å². The highest BCUT2D eigenvalue weighted by Gasteiger charge is 2.31. The van der Waals surface area contributed by atoms with Crippen molar-refractivity contribution in [2.24, 2.45) is 11.8 Å². The third kappa shape index (κ3) is 3.71. The number of aliphatic carboxylic acids is 1. The van der Waals surface area contributed by atoms with Gasteiger partial charge in [-0.25, -0.2) is 0 Å². The van der Waals surface area contributed by atoms with Crippen LogP contribution in [0.3, 0.4) is 0 Å². The lowest BCUT2D eigenvalue weighted by Crippen LogP contribution is -2.47. The average Bonchev–Trinajstić information content (AvgIpc) is 2.41. The van der Waals surface area contributed by atoms with E-state index in [1.165, 1.54) is 10.6 Å². The molecule has 1 amide bonds. The molecular formula is C15H20N2O4. The Bertz CT molecular complexity index is 608. The summed E-state index contributed by atoms with van der Waals surface area (Å²) in [6, 6.07) is 3.25. The predicted octanol–water partition coefficient (Wildman–Crippen LogP) is 0.726. The fraction of sp³-hybridized carbons (Fsp3) is 0.533. The molecule has 0 bridgehead atoms. The van der Waals surface area contributed by atoms with Crippen molar-refractivity contribution in [1.29, 1.82) is 0 Å². The molecule has 2 unspecified atom stereocenters. The number of hydrogen-bond donors (Lipinski definition) is 1. The van der Waals surface area contributed by atoms with E-state index in [1.807, 2.05) is 13.8 Å². The maximum Gasteiger partial charge on any atom is 0.308 e. The van der Waals surface area contributed by atoms with E-state index in [9.17, 15) is 14.4 Å². The first-order chi connectivity index (χ1) is 9.86. The molecule has 6 heteroatoms. The van der Waals surface area contributed by atoms with Crippen molar-refractivity contribution in [1.82, 2.24) is 9.47 Å². The zero-order valence-corrected chi connectivity index (χ0v) is 12.3. The van der Waals surface area contributed by atoms with Crippen LogP contribution in [0.5, 0.6) is 0 Å². The number of carbonyl (C=O) groups excluding carboxylic acids is 1. The lowest BCUT2D eigenvalue weighted by Gasteiger charge is -2.34. The van der Waals surface area contributed by atoms with Gasteiger partial charge >= 0.3 is 5.97 Å². The zero-order valence-electron chi connectivity index (χ0n) is 12.3. The van der Waals surface area contributed by atoms with Gasteiger partial charge in [-0.15, -0.1) is 0 Å². The number of piperidine rings is 1. The second kappa shape index (κ2) is 6.11. The molecule has 2 rings (SSSR count). The van der Waals surface area contributed by atoms with Crippen molar-refractivity contribution in [3.63, 3.8) is 0 Å². The highest BCUT2D eigenvalue weighted by atomic mass is 16.4. The summed E-state index contributed by atoms with van der Waals surface area (Å²) in [7, 11) is 0. The van der Waals surface area contributed by atoms with Crippen LogP contribution < -0.4 is 5.56 Å². The Labute approximate surface area is 123 Å². The summed E-state index contributed by atoms with van der Waals surface area (Å²) in [5, 5.41) is 9.13. The Morgan fingerprint density at radius 1 is 1.38 bits per heavy atom. The van der Waals surface area contributed by atoms with Gasteiger partial charge in [0.15, 0.2) is 0 Å². The number of hydrogen-bond acceptors (Lipinski definition) is 3. The van der Waals surface area contributed by atoms with E-state index < -0.39 is 11.9 Å². The van der Waals surface area contributed by atoms with Crippen LogP contribution in [-0.4, -0.2) is 39.5 Å². The smallest absolute Gasteiger partial charge is 0.308 e. The van der Waals surface area contributed by atoms with Crippen molar-refractivity contribution in [3.8, 4) is 0 Å². The van der Waals surface area contributed by atoms with E-state index in [0.29, 0.717) is 13.0 Å². The minimum Gasteiger partial charge on any atom is -0.481 e. The molecule has 0 spiro atoms. The molecule has 6 nitrogen and oxygen atoms in total. The van der Waals surface area contributed by atoms with E-state index in [-0.39, 0.29) is 30.5 Å². The second-order valence-electron chi connectivity index (χ2n) is 5.84. The molecule has 0 aromatic carbocycles. The summed E-state index contributed by atoms with van der Waals surface area (Å²) < 4.78 is 1.35. The minimum absolute atomic E-state index is 0.0435. The first kappa shape index (κ1) is 15.3. The van der Waals surface area contributed by atoms with E-state index in [0.717, 1.165) is 5.56 Å². The number of carboxylic acid groups (broad SMARTS) is 1. The highest BCUT2D eigenvalue weighted by molar-refractivity contribution is 5.78. The topological polar surface area (TPSA) is 79.6 Å². The number of carbonyl (C=O) groups is 2. The van der Waals surface area contributed by atoms with Crippen LogP contribution in [0.15, 0.2) is 23.1 Å². The van der Waals surface area contributed by atoms with Crippen molar-refractivity contribution in [3.05, 3.63) is 34.2 Å². The number of carboxylic acids is 1. The Balaban J connectivity index is 2.08. The molecule has 1 N–H and O–H groups in total. The van der Waals surface area contributed by atoms with Gasteiger partial charge in [0.2, 0.25) is 5.91 Å². The quantitative estimate of drug-likeness (QED) is 0.890. The molecule has 0 radical (unpaired) electrons. The summed E-state index contributed by atoms with van der Waals surface area (Å²) in [6.07, 6.45) is 2.18. The van der Waals surface area contributed by atoms with Gasteiger partial charge in [-0.2, -0.15) is 0 Å². The number of likely N-dealkylation sites (tertiary alicyclic amines) is 1. The van der Waals surface area contributed by atoms with E-state index >= 15 is 0 Å². The van der Waals surface area contributed by atoms with Crippen LogP contribution in [0.1, 0.15) is 18.9 Å². The maximum absolute atomic E-state index is 12.3.